The minimum Gasteiger partial charge on any atom is -0.372 e. The van der Waals surface area contributed by atoms with E-state index >= 15 is 8.78 Å². The van der Waals surface area contributed by atoms with Gasteiger partial charge in [-0.05, 0) is 55.4 Å². The first-order chi connectivity index (χ1) is 19.6. The molecule has 2 aliphatic carbocycles. The van der Waals surface area contributed by atoms with E-state index in [2.05, 4.69) is 26.6 Å². The summed E-state index contributed by atoms with van der Waals surface area (Å²) in [4.78, 5) is 41.7. The average molecular weight is 627 g/mol. The molecule has 11 heteroatoms. The molecular weight excluding hydrogens is 598 g/mol. The summed E-state index contributed by atoms with van der Waals surface area (Å²) in [5.41, 5.74) is -0.277. The number of rotatable bonds is 5. The highest BCUT2D eigenvalue weighted by atomic mass is 79.9. The van der Waals surface area contributed by atoms with Crippen molar-refractivity contribution in [2.75, 3.05) is 6.54 Å². The van der Waals surface area contributed by atoms with E-state index in [1.54, 1.807) is 42.5 Å². The predicted octanol–water partition coefficient (Wildman–Crippen LogP) is 3.60. The number of piperidine rings is 3. The predicted molar refractivity (Wildman–Crippen MR) is 147 cm³/mol. The molecule has 41 heavy (non-hydrogen) atoms. The van der Waals surface area contributed by atoms with E-state index in [0.29, 0.717) is 39.7 Å². The van der Waals surface area contributed by atoms with E-state index in [1.807, 2.05) is 6.07 Å². The molecule has 3 heterocycles. The zero-order chi connectivity index (χ0) is 29.1. The van der Waals surface area contributed by atoms with Crippen LogP contribution in [0.4, 0.5) is 8.78 Å². The number of carbonyl (C=O) groups is 3. The van der Waals surface area contributed by atoms with Gasteiger partial charge >= 0.3 is 0 Å². The number of hydrogen-bond donors (Lipinski definition) is 3. The maximum atomic E-state index is 15.3. The molecule has 0 radical (unpaired) electrons. The Labute approximate surface area is 244 Å². The van der Waals surface area contributed by atoms with Gasteiger partial charge in [0.15, 0.2) is 5.60 Å². The van der Waals surface area contributed by atoms with Gasteiger partial charge in [-0.1, -0.05) is 46.3 Å². The standard InChI is InChI=1S/C30H29BrF2N4O4/c31-17-7-9-21-20-5-1-2-6-22(20)30(41,24(21)13-17)28(40)37-19-8-10-23(29(32,33)14-19)25(37)27(39)36-18(15-34)12-16-4-3-11-35-26(16)38/h1-2,5-7,9,13,16,18-19,23,25,41H,3-4,8,10-12,14H2,(H,35,38)(H,36,39)/t16-,18-,19+,23+,25+,30-/m1/s1. The lowest BCUT2D eigenvalue weighted by molar-refractivity contribution is -0.201. The number of nitriles is 1. The van der Waals surface area contributed by atoms with Crippen LogP contribution < -0.4 is 10.6 Å². The molecule has 0 spiro atoms. The van der Waals surface area contributed by atoms with E-state index in [0.717, 1.165) is 11.3 Å². The molecule has 4 fully saturated rings. The summed E-state index contributed by atoms with van der Waals surface area (Å²) < 4.78 is 31.2. The van der Waals surface area contributed by atoms with Crippen LogP contribution in [-0.2, 0) is 20.0 Å². The average Bonchev–Trinajstić information content (AvgIpc) is 3.21. The number of alkyl halides is 2. The number of nitrogens with one attached hydrogen (secondary N) is 2. The Bertz CT molecular complexity index is 1480. The number of benzene rings is 2. The molecule has 3 saturated heterocycles. The molecule has 3 amide bonds. The van der Waals surface area contributed by atoms with Crippen molar-refractivity contribution in [3.05, 3.63) is 58.1 Å². The van der Waals surface area contributed by atoms with Crippen molar-refractivity contribution in [2.24, 2.45) is 11.8 Å². The van der Waals surface area contributed by atoms with Gasteiger partial charge in [0.05, 0.1) is 12.0 Å². The third-order valence-electron chi connectivity index (χ3n) is 9.12. The van der Waals surface area contributed by atoms with Crippen LogP contribution in [0, 0.1) is 23.2 Å². The topological polar surface area (TPSA) is 123 Å². The lowest BCUT2D eigenvalue weighted by atomic mass is 9.70. The second-order valence-electron chi connectivity index (χ2n) is 11.5. The van der Waals surface area contributed by atoms with Crippen molar-refractivity contribution in [3.63, 3.8) is 0 Å². The van der Waals surface area contributed by atoms with Crippen LogP contribution in [0.3, 0.4) is 0 Å². The number of hydrogen-bond acceptors (Lipinski definition) is 5. The molecule has 5 aliphatic rings. The Morgan fingerprint density at radius 1 is 1.17 bits per heavy atom. The van der Waals surface area contributed by atoms with Gasteiger partial charge in [0.2, 0.25) is 11.8 Å². The maximum Gasteiger partial charge on any atom is 0.264 e. The highest BCUT2D eigenvalue weighted by molar-refractivity contribution is 9.10. The van der Waals surface area contributed by atoms with Crippen LogP contribution >= 0.6 is 15.9 Å². The van der Waals surface area contributed by atoms with Gasteiger partial charge in [-0.15, -0.1) is 0 Å². The van der Waals surface area contributed by atoms with Crippen LogP contribution in [-0.4, -0.2) is 58.3 Å². The van der Waals surface area contributed by atoms with Gasteiger partial charge in [0.1, 0.15) is 12.1 Å². The Morgan fingerprint density at radius 2 is 1.93 bits per heavy atom. The van der Waals surface area contributed by atoms with Crippen molar-refractivity contribution in [1.29, 1.82) is 5.26 Å². The van der Waals surface area contributed by atoms with Crippen LogP contribution in [0.1, 0.15) is 49.7 Å². The number of fused-ring (bicyclic) bond motifs is 6. The molecular formula is C30H29BrF2N4O4. The summed E-state index contributed by atoms with van der Waals surface area (Å²) >= 11 is 3.41. The molecule has 214 valence electrons. The summed E-state index contributed by atoms with van der Waals surface area (Å²) in [6.07, 6.45) is 1.01. The van der Waals surface area contributed by atoms with Crippen molar-refractivity contribution >= 4 is 33.7 Å². The maximum absolute atomic E-state index is 15.3. The second-order valence-corrected chi connectivity index (χ2v) is 12.4. The van der Waals surface area contributed by atoms with Gasteiger partial charge < -0.3 is 20.6 Å². The first kappa shape index (κ1) is 27.8. The van der Waals surface area contributed by atoms with Gasteiger partial charge in [-0.25, -0.2) is 8.78 Å². The van der Waals surface area contributed by atoms with E-state index < -0.39 is 59.7 Å². The van der Waals surface area contributed by atoms with Crippen LogP contribution in [0.2, 0.25) is 0 Å². The number of halogens is 3. The fourth-order valence-corrected chi connectivity index (χ4v) is 7.55. The first-order valence-corrected chi connectivity index (χ1v) is 14.7. The van der Waals surface area contributed by atoms with Gasteiger partial charge in [-0.2, -0.15) is 5.26 Å². The smallest absolute Gasteiger partial charge is 0.264 e. The largest absolute Gasteiger partial charge is 0.372 e. The quantitative estimate of drug-likeness (QED) is 0.468. The lowest BCUT2D eigenvalue weighted by Gasteiger charge is -2.54. The molecule has 2 aromatic carbocycles. The van der Waals surface area contributed by atoms with Crippen LogP contribution in [0.15, 0.2) is 46.9 Å². The van der Waals surface area contributed by atoms with Crippen LogP contribution in [0.25, 0.3) is 11.1 Å². The Morgan fingerprint density at radius 3 is 2.66 bits per heavy atom. The molecule has 3 aliphatic heterocycles. The number of amides is 3. The first-order valence-electron chi connectivity index (χ1n) is 13.9. The zero-order valence-corrected chi connectivity index (χ0v) is 23.7. The van der Waals surface area contributed by atoms with Crippen molar-refractivity contribution < 1.29 is 28.3 Å². The molecule has 2 bridgehead atoms. The summed E-state index contributed by atoms with van der Waals surface area (Å²) in [6.45, 7) is 0.544. The van der Waals surface area contributed by atoms with Gasteiger partial charge in [0.25, 0.3) is 11.8 Å². The van der Waals surface area contributed by atoms with Gasteiger partial charge in [0, 0.05) is 40.5 Å². The highest BCUT2D eigenvalue weighted by Crippen LogP contribution is 2.54. The van der Waals surface area contributed by atoms with Crippen molar-refractivity contribution in [3.8, 4) is 17.2 Å². The SMILES string of the molecule is N#C[C@@H](C[C@H]1CCCNC1=O)NC(=O)[C@@H]1[C@@H]2CC[C@@H](CC2(F)F)N1C(=O)[C@@]1(O)c2ccccc2-c2ccc(Br)cc21. The van der Waals surface area contributed by atoms with Crippen molar-refractivity contribution in [1.82, 2.24) is 15.5 Å². The zero-order valence-electron chi connectivity index (χ0n) is 22.1. The number of carbonyl (C=O) groups excluding carboxylic acids is 3. The number of aliphatic hydroxyl groups is 1. The molecule has 0 aromatic heterocycles. The van der Waals surface area contributed by atoms with E-state index in [4.69, 9.17) is 0 Å². The Balaban J connectivity index is 1.36. The minimum atomic E-state index is -3.20. The molecule has 3 N–H and O–H groups in total. The molecule has 8 nitrogen and oxygen atoms in total. The third-order valence-corrected chi connectivity index (χ3v) is 9.61. The minimum absolute atomic E-state index is 0.0267. The van der Waals surface area contributed by atoms with Crippen molar-refractivity contribution in [2.45, 2.75) is 68.2 Å². The van der Waals surface area contributed by atoms with E-state index in [-0.39, 0.29) is 25.2 Å². The van der Waals surface area contributed by atoms with E-state index in [1.165, 1.54) is 0 Å². The van der Waals surface area contributed by atoms with Gasteiger partial charge in [-0.3, -0.25) is 14.4 Å². The molecule has 2 aromatic rings. The number of nitrogens with zero attached hydrogens (tertiary/aromatic N) is 2. The normalized spacial score (nSPS) is 30.0. The summed E-state index contributed by atoms with van der Waals surface area (Å²) in [5, 5.41) is 27.3. The Kier molecular flexibility index (Phi) is 6.90. The fourth-order valence-electron chi connectivity index (χ4n) is 7.19. The monoisotopic (exact) mass is 626 g/mol. The fraction of sp³-hybridized carbons (Fsp3) is 0.467. The summed E-state index contributed by atoms with van der Waals surface area (Å²) in [5.74, 6) is -7.09. The Hall–Kier alpha value is -3.36. The molecule has 6 atom stereocenters. The third kappa shape index (κ3) is 4.43. The second kappa shape index (κ2) is 10.2. The molecule has 1 saturated carbocycles. The van der Waals surface area contributed by atoms with Crippen LogP contribution in [0.5, 0.6) is 0 Å². The lowest BCUT2D eigenvalue weighted by Crippen LogP contribution is -2.70. The summed E-state index contributed by atoms with van der Waals surface area (Å²) in [7, 11) is 0. The van der Waals surface area contributed by atoms with E-state index in [9.17, 15) is 24.8 Å². The molecule has 0 unspecified atom stereocenters. The molecule has 7 rings (SSSR count). The highest BCUT2D eigenvalue weighted by Gasteiger charge is 2.63. The summed E-state index contributed by atoms with van der Waals surface area (Å²) in [6, 6.07) is 10.4.